The van der Waals surface area contributed by atoms with Gasteiger partial charge in [0.2, 0.25) is 5.28 Å². The highest BCUT2D eigenvalue weighted by atomic mass is 35.5. The minimum absolute atomic E-state index is 0.292. The Balaban J connectivity index is 2.16. The van der Waals surface area contributed by atoms with E-state index in [4.69, 9.17) is 16.3 Å². The minimum atomic E-state index is 0.292. The van der Waals surface area contributed by atoms with Crippen LogP contribution in [-0.2, 0) is 4.74 Å². The standard InChI is InChI=1S/C9H8ClN3O/c10-9-11-3-8-7(12-9)1-2-13(8)6-4-14-5-6/h1-3,6H,4-5H2. The molecule has 2 aromatic heterocycles. The molecule has 0 N–H and O–H groups in total. The van der Waals surface area contributed by atoms with Crippen molar-refractivity contribution in [1.82, 2.24) is 14.5 Å². The lowest BCUT2D eigenvalue weighted by molar-refractivity contribution is -0.0214. The van der Waals surface area contributed by atoms with Crippen LogP contribution in [0.2, 0.25) is 5.28 Å². The van der Waals surface area contributed by atoms with Gasteiger partial charge >= 0.3 is 0 Å². The SMILES string of the molecule is Clc1ncc2c(ccn2C2COC2)n1. The lowest BCUT2D eigenvalue weighted by atomic mass is 10.2. The summed E-state index contributed by atoms with van der Waals surface area (Å²) in [4.78, 5) is 8.10. The third-order valence-corrected chi connectivity index (χ3v) is 2.64. The molecule has 2 aromatic rings. The monoisotopic (exact) mass is 209 g/mol. The van der Waals surface area contributed by atoms with Crippen LogP contribution in [0.1, 0.15) is 6.04 Å². The van der Waals surface area contributed by atoms with Gasteiger partial charge in [0.1, 0.15) is 0 Å². The number of rotatable bonds is 1. The summed E-state index contributed by atoms with van der Waals surface area (Å²) < 4.78 is 7.28. The Labute approximate surface area is 85.5 Å². The Morgan fingerprint density at radius 1 is 1.50 bits per heavy atom. The van der Waals surface area contributed by atoms with Crippen LogP contribution in [-0.4, -0.2) is 27.7 Å². The molecular weight excluding hydrogens is 202 g/mol. The molecular formula is C9H8ClN3O. The van der Waals surface area contributed by atoms with E-state index in [2.05, 4.69) is 14.5 Å². The lowest BCUT2D eigenvalue weighted by Gasteiger charge is -2.28. The number of nitrogens with zero attached hydrogens (tertiary/aromatic N) is 3. The largest absolute Gasteiger partial charge is 0.377 e. The molecule has 0 spiro atoms. The first-order valence-electron chi connectivity index (χ1n) is 4.41. The van der Waals surface area contributed by atoms with Gasteiger partial charge in [0.15, 0.2) is 0 Å². The molecule has 4 nitrogen and oxygen atoms in total. The van der Waals surface area contributed by atoms with Crippen molar-refractivity contribution in [3.05, 3.63) is 23.7 Å². The van der Waals surface area contributed by atoms with E-state index in [0.717, 1.165) is 24.2 Å². The molecule has 1 fully saturated rings. The molecule has 3 heterocycles. The fourth-order valence-electron chi connectivity index (χ4n) is 1.62. The van der Waals surface area contributed by atoms with Crippen LogP contribution in [0.25, 0.3) is 11.0 Å². The normalized spacial score (nSPS) is 17.2. The molecule has 0 radical (unpaired) electrons. The van der Waals surface area contributed by atoms with Crippen LogP contribution in [0.4, 0.5) is 0 Å². The third-order valence-electron chi connectivity index (χ3n) is 2.45. The predicted molar refractivity (Wildman–Crippen MR) is 52.4 cm³/mol. The van der Waals surface area contributed by atoms with Gasteiger partial charge in [0.05, 0.1) is 36.5 Å². The number of aromatic nitrogens is 3. The summed E-state index contributed by atoms with van der Waals surface area (Å²) in [6, 6.07) is 2.37. The van der Waals surface area contributed by atoms with Crippen molar-refractivity contribution < 1.29 is 4.74 Å². The summed E-state index contributed by atoms with van der Waals surface area (Å²) in [7, 11) is 0. The van der Waals surface area contributed by atoms with Gasteiger partial charge in [-0.05, 0) is 17.7 Å². The van der Waals surface area contributed by atoms with Gasteiger partial charge in [0, 0.05) is 6.20 Å². The first kappa shape index (κ1) is 8.20. The number of hydrogen-bond acceptors (Lipinski definition) is 3. The van der Waals surface area contributed by atoms with Gasteiger partial charge in [-0.25, -0.2) is 9.97 Å². The topological polar surface area (TPSA) is 39.9 Å². The molecule has 5 heteroatoms. The van der Waals surface area contributed by atoms with Crippen molar-refractivity contribution in [1.29, 1.82) is 0 Å². The first-order chi connectivity index (χ1) is 6.84. The number of ether oxygens (including phenoxy) is 1. The summed E-state index contributed by atoms with van der Waals surface area (Å²) in [6.45, 7) is 1.54. The van der Waals surface area contributed by atoms with Crippen molar-refractivity contribution in [2.24, 2.45) is 0 Å². The average molecular weight is 210 g/mol. The lowest BCUT2D eigenvalue weighted by Crippen LogP contribution is -2.30. The maximum absolute atomic E-state index is 5.70. The molecule has 1 saturated heterocycles. The third kappa shape index (κ3) is 1.11. The van der Waals surface area contributed by atoms with E-state index < -0.39 is 0 Å². The van der Waals surface area contributed by atoms with Gasteiger partial charge in [-0.1, -0.05) is 0 Å². The zero-order chi connectivity index (χ0) is 9.54. The fraction of sp³-hybridized carbons (Fsp3) is 0.333. The summed E-state index contributed by atoms with van der Waals surface area (Å²) in [5.41, 5.74) is 1.90. The van der Waals surface area contributed by atoms with Gasteiger partial charge < -0.3 is 9.30 Å². The Hall–Kier alpha value is -1.13. The highest BCUT2D eigenvalue weighted by molar-refractivity contribution is 6.28. The van der Waals surface area contributed by atoms with Crippen LogP contribution >= 0.6 is 11.6 Å². The predicted octanol–water partition coefficient (Wildman–Crippen LogP) is 1.66. The highest BCUT2D eigenvalue weighted by Crippen LogP contribution is 2.23. The van der Waals surface area contributed by atoms with E-state index in [1.54, 1.807) is 6.20 Å². The second kappa shape index (κ2) is 2.93. The Morgan fingerprint density at radius 3 is 3.07 bits per heavy atom. The van der Waals surface area contributed by atoms with E-state index in [-0.39, 0.29) is 0 Å². The van der Waals surface area contributed by atoms with Crippen LogP contribution in [0, 0.1) is 0 Å². The zero-order valence-electron chi connectivity index (χ0n) is 7.35. The van der Waals surface area contributed by atoms with Gasteiger partial charge in [-0.3, -0.25) is 0 Å². The number of halogens is 1. The molecule has 0 bridgehead atoms. The maximum atomic E-state index is 5.70. The average Bonchev–Trinajstić information content (AvgIpc) is 2.45. The molecule has 3 rings (SSSR count). The molecule has 0 amide bonds. The second-order valence-electron chi connectivity index (χ2n) is 3.32. The quantitative estimate of drug-likeness (QED) is 0.671. The van der Waals surface area contributed by atoms with Gasteiger partial charge in [0.25, 0.3) is 0 Å². The summed E-state index contributed by atoms with van der Waals surface area (Å²) in [5.74, 6) is 0. The molecule has 1 aliphatic rings. The highest BCUT2D eigenvalue weighted by Gasteiger charge is 2.21. The van der Waals surface area contributed by atoms with Crippen molar-refractivity contribution in [3.8, 4) is 0 Å². The summed E-state index contributed by atoms with van der Waals surface area (Å²) >= 11 is 5.70. The van der Waals surface area contributed by atoms with Gasteiger partial charge in [-0.15, -0.1) is 0 Å². The van der Waals surface area contributed by atoms with Crippen LogP contribution in [0.5, 0.6) is 0 Å². The zero-order valence-corrected chi connectivity index (χ0v) is 8.11. The first-order valence-corrected chi connectivity index (χ1v) is 4.79. The fourth-order valence-corrected chi connectivity index (χ4v) is 1.76. The molecule has 0 aliphatic carbocycles. The molecule has 1 aliphatic heterocycles. The van der Waals surface area contributed by atoms with Crippen molar-refractivity contribution in [2.75, 3.05) is 13.2 Å². The Kier molecular flexibility index (Phi) is 1.72. The van der Waals surface area contributed by atoms with E-state index in [9.17, 15) is 0 Å². The van der Waals surface area contributed by atoms with Crippen LogP contribution < -0.4 is 0 Å². The van der Waals surface area contributed by atoms with Crippen molar-refractivity contribution in [2.45, 2.75) is 6.04 Å². The van der Waals surface area contributed by atoms with Crippen molar-refractivity contribution in [3.63, 3.8) is 0 Å². The smallest absolute Gasteiger partial charge is 0.223 e. The molecule has 72 valence electrons. The summed E-state index contributed by atoms with van der Waals surface area (Å²) in [5, 5.41) is 0.292. The molecule has 0 saturated carbocycles. The van der Waals surface area contributed by atoms with E-state index in [0.29, 0.717) is 11.3 Å². The second-order valence-corrected chi connectivity index (χ2v) is 3.66. The molecule has 0 atom stereocenters. The van der Waals surface area contributed by atoms with E-state index in [1.165, 1.54) is 0 Å². The Morgan fingerprint density at radius 2 is 2.36 bits per heavy atom. The van der Waals surface area contributed by atoms with E-state index in [1.807, 2.05) is 12.3 Å². The van der Waals surface area contributed by atoms with E-state index >= 15 is 0 Å². The molecule has 14 heavy (non-hydrogen) atoms. The molecule has 0 unspecified atom stereocenters. The van der Waals surface area contributed by atoms with Crippen molar-refractivity contribution >= 4 is 22.6 Å². The van der Waals surface area contributed by atoms with Gasteiger partial charge in [-0.2, -0.15) is 0 Å². The number of hydrogen-bond donors (Lipinski definition) is 0. The Bertz CT molecular complexity index is 478. The summed E-state index contributed by atoms with van der Waals surface area (Å²) in [6.07, 6.45) is 3.76. The molecule has 0 aromatic carbocycles. The van der Waals surface area contributed by atoms with Crippen LogP contribution in [0.15, 0.2) is 18.5 Å². The van der Waals surface area contributed by atoms with Crippen LogP contribution in [0.3, 0.4) is 0 Å². The minimum Gasteiger partial charge on any atom is -0.377 e. The number of fused-ring (bicyclic) bond motifs is 1. The maximum Gasteiger partial charge on any atom is 0.223 e.